The summed E-state index contributed by atoms with van der Waals surface area (Å²) in [7, 11) is 0.712. The van der Waals surface area contributed by atoms with Gasteiger partial charge in [0.25, 0.3) is 0 Å². The van der Waals surface area contributed by atoms with E-state index in [0.717, 1.165) is 11.3 Å². The average molecular weight is 477 g/mol. The lowest BCUT2D eigenvalue weighted by Crippen LogP contribution is -2.36. The Bertz CT molecular complexity index is 1130. The molecule has 0 spiro atoms. The van der Waals surface area contributed by atoms with E-state index in [2.05, 4.69) is 4.72 Å². The summed E-state index contributed by atoms with van der Waals surface area (Å²) in [6.45, 7) is 8.30. The molecule has 33 heavy (non-hydrogen) atoms. The fraction of sp³-hybridized carbons (Fsp3) is 0.458. The highest BCUT2D eigenvalue weighted by Crippen LogP contribution is 2.42. The molecule has 0 saturated carbocycles. The minimum absolute atomic E-state index is 0.0259. The Labute approximate surface area is 195 Å². The van der Waals surface area contributed by atoms with Crippen LogP contribution in [0.25, 0.3) is 0 Å². The molecule has 0 radical (unpaired) electrons. The molecular weight excluding hydrogens is 444 g/mol. The van der Waals surface area contributed by atoms with Gasteiger partial charge in [0.2, 0.25) is 21.7 Å². The van der Waals surface area contributed by atoms with Gasteiger partial charge >= 0.3 is 0 Å². The van der Waals surface area contributed by atoms with E-state index in [1.165, 1.54) is 21.3 Å². The van der Waals surface area contributed by atoms with E-state index >= 15 is 0 Å². The summed E-state index contributed by atoms with van der Waals surface area (Å²) in [6.07, 6.45) is 0. The predicted octanol–water partition coefficient (Wildman–Crippen LogP) is 3.47. The summed E-state index contributed by atoms with van der Waals surface area (Å²) in [5.41, 5.74) is 1.90. The number of amides is 1. The predicted molar refractivity (Wildman–Crippen MR) is 127 cm³/mol. The monoisotopic (exact) mass is 476 g/mol. The van der Waals surface area contributed by atoms with Crippen molar-refractivity contribution in [3.8, 4) is 17.2 Å². The van der Waals surface area contributed by atoms with Gasteiger partial charge in [0, 0.05) is 30.1 Å². The third-order valence-corrected chi connectivity index (χ3v) is 7.20. The maximum Gasteiger partial charge on any atom is 0.240 e. The van der Waals surface area contributed by atoms with Gasteiger partial charge in [-0.25, -0.2) is 13.1 Å². The largest absolute Gasteiger partial charge is 0.493 e. The molecule has 180 valence electrons. The van der Waals surface area contributed by atoms with Crippen molar-refractivity contribution >= 4 is 21.6 Å². The molecule has 0 aliphatic carbocycles. The van der Waals surface area contributed by atoms with E-state index in [9.17, 15) is 13.2 Å². The van der Waals surface area contributed by atoms with Crippen molar-refractivity contribution in [2.75, 3.05) is 32.8 Å². The molecular formula is C24H32N2O6S. The lowest BCUT2D eigenvalue weighted by atomic mass is 9.87. The van der Waals surface area contributed by atoms with Crippen LogP contribution in [0.2, 0.25) is 0 Å². The number of anilines is 1. The molecule has 0 atom stereocenters. The fourth-order valence-corrected chi connectivity index (χ4v) is 5.08. The number of rotatable bonds is 8. The molecule has 1 N–H and O–H groups in total. The van der Waals surface area contributed by atoms with Gasteiger partial charge in [0.1, 0.15) is 0 Å². The maximum atomic E-state index is 13.1. The Hall–Kier alpha value is -2.78. The van der Waals surface area contributed by atoms with Crippen molar-refractivity contribution < 1.29 is 27.4 Å². The number of nitrogens with one attached hydrogen (secondary N) is 1. The van der Waals surface area contributed by atoms with Gasteiger partial charge in [0.15, 0.2) is 11.5 Å². The summed E-state index contributed by atoms with van der Waals surface area (Å²) < 4.78 is 44.8. The molecule has 9 heteroatoms. The normalized spacial score (nSPS) is 14.8. The van der Waals surface area contributed by atoms with Gasteiger partial charge in [-0.2, -0.15) is 0 Å². The smallest absolute Gasteiger partial charge is 0.240 e. The van der Waals surface area contributed by atoms with Gasteiger partial charge in [-0.05, 0) is 41.5 Å². The van der Waals surface area contributed by atoms with Crippen molar-refractivity contribution in [2.24, 2.45) is 5.92 Å². The first kappa shape index (κ1) is 24.9. The zero-order valence-electron chi connectivity index (χ0n) is 20.2. The summed E-state index contributed by atoms with van der Waals surface area (Å²) in [5.74, 6) is 1.21. The second kappa shape index (κ2) is 9.23. The first-order chi connectivity index (χ1) is 15.4. The molecule has 0 fully saturated rings. The van der Waals surface area contributed by atoms with E-state index in [1.54, 1.807) is 35.2 Å². The van der Waals surface area contributed by atoms with E-state index in [4.69, 9.17) is 14.2 Å². The Morgan fingerprint density at radius 1 is 1.06 bits per heavy atom. The zero-order valence-corrected chi connectivity index (χ0v) is 21.0. The van der Waals surface area contributed by atoms with E-state index < -0.39 is 10.0 Å². The molecule has 3 rings (SSSR count). The second-order valence-electron chi connectivity index (χ2n) is 9.00. The molecule has 0 bridgehead atoms. The van der Waals surface area contributed by atoms with Crippen molar-refractivity contribution in [2.45, 2.75) is 44.6 Å². The number of carbonyl (C=O) groups excluding carboxylic acids is 1. The maximum absolute atomic E-state index is 13.1. The number of hydrogen-bond acceptors (Lipinski definition) is 6. The highest BCUT2D eigenvalue weighted by Gasteiger charge is 2.39. The summed E-state index contributed by atoms with van der Waals surface area (Å²) in [4.78, 5) is 14.6. The van der Waals surface area contributed by atoms with E-state index in [1.807, 2.05) is 27.7 Å². The van der Waals surface area contributed by atoms with Gasteiger partial charge in [-0.1, -0.05) is 27.7 Å². The fourth-order valence-electron chi connectivity index (χ4n) is 4.03. The minimum Gasteiger partial charge on any atom is -0.493 e. The Kier molecular flexibility index (Phi) is 6.95. The standard InChI is InChI=1S/C24H32N2O6S/c1-15(2)23(27)26-14-24(3,4)18-12-17(8-9-19(18)26)33(28,29)25-13-16-10-20(30-5)22(32-7)21(11-16)31-6/h8-12,15,25H,13-14H2,1-7H3. The first-order valence-corrected chi connectivity index (χ1v) is 12.2. The number of fused-ring (bicyclic) bond motifs is 1. The number of benzene rings is 2. The number of sulfonamides is 1. The van der Waals surface area contributed by atoms with Crippen LogP contribution in [0.1, 0.15) is 38.8 Å². The van der Waals surface area contributed by atoms with Crippen molar-refractivity contribution in [3.63, 3.8) is 0 Å². The minimum atomic E-state index is -3.81. The highest BCUT2D eigenvalue weighted by atomic mass is 32.2. The second-order valence-corrected chi connectivity index (χ2v) is 10.8. The van der Waals surface area contributed by atoms with Crippen LogP contribution >= 0.6 is 0 Å². The van der Waals surface area contributed by atoms with Crippen molar-refractivity contribution in [1.29, 1.82) is 0 Å². The molecule has 0 unspecified atom stereocenters. The lowest BCUT2D eigenvalue weighted by Gasteiger charge is -2.22. The quantitative estimate of drug-likeness (QED) is 0.627. The van der Waals surface area contributed by atoms with Crippen LogP contribution in [-0.2, 0) is 26.8 Å². The Morgan fingerprint density at radius 2 is 1.67 bits per heavy atom. The Balaban J connectivity index is 1.89. The van der Waals surface area contributed by atoms with Crippen LogP contribution in [0, 0.1) is 5.92 Å². The lowest BCUT2D eigenvalue weighted by molar-refractivity contribution is -0.121. The molecule has 1 aliphatic rings. The van der Waals surface area contributed by atoms with Crippen LogP contribution in [-0.4, -0.2) is 42.2 Å². The molecule has 1 heterocycles. The van der Waals surface area contributed by atoms with Crippen molar-refractivity contribution in [1.82, 2.24) is 4.72 Å². The van der Waals surface area contributed by atoms with E-state index in [-0.39, 0.29) is 28.7 Å². The summed E-state index contributed by atoms with van der Waals surface area (Å²) >= 11 is 0. The van der Waals surface area contributed by atoms with Crippen LogP contribution < -0.4 is 23.8 Å². The molecule has 8 nitrogen and oxygen atoms in total. The SMILES string of the molecule is COc1cc(CNS(=O)(=O)c2ccc3c(c2)C(C)(C)CN3C(=O)C(C)C)cc(OC)c1OC. The molecule has 0 aromatic heterocycles. The molecule has 1 aliphatic heterocycles. The average Bonchev–Trinajstić information content (AvgIpc) is 3.06. The molecule has 1 amide bonds. The number of methoxy groups -OCH3 is 3. The van der Waals surface area contributed by atoms with Crippen molar-refractivity contribution in [3.05, 3.63) is 41.5 Å². The van der Waals surface area contributed by atoms with Gasteiger partial charge in [-0.15, -0.1) is 0 Å². The summed E-state index contributed by atoms with van der Waals surface area (Å²) in [5, 5.41) is 0. The summed E-state index contributed by atoms with van der Waals surface area (Å²) in [6, 6.07) is 8.33. The van der Waals surface area contributed by atoms with Crippen LogP contribution in [0.5, 0.6) is 17.2 Å². The van der Waals surface area contributed by atoms with Gasteiger partial charge in [0.05, 0.1) is 26.2 Å². The number of ether oxygens (including phenoxy) is 3. The zero-order chi connectivity index (χ0) is 24.6. The number of carbonyl (C=O) groups is 1. The molecule has 2 aromatic carbocycles. The van der Waals surface area contributed by atoms with E-state index in [0.29, 0.717) is 29.4 Å². The third kappa shape index (κ3) is 4.79. The molecule has 0 saturated heterocycles. The third-order valence-electron chi connectivity index (χ3n) is 5.80. The van der Waals surface area contributed by atoms with Crippen LogP contribution in [0.4, 0.5) is 5.69 Å². The number of nitrogens with zero attached hydrogens (tertiary/aromatic N) is 1. The number of hydrogen-bond donors (Lipinski definition) is 1. The topological polar surface area (TPSA) is 94.2 Å². The first-order valence-electron chi connectivity index (χ1n) is 10.7. The Morgan fingerprint density at radius 3 is 2.18 bits per heavy atom. The highest BCUT2D eigenvalue weighted by molar-refractivity contribution is 7.89. The molecule has 2 aromatic rings. The van der Waals surface area contributed by atoms with Gasteiger partial charge < -0.3 is 19.1 Å². The van der Waals surface area contributed by atoms with Gasteiger partial charge in [-0.3, -0.25) is 4.79 Å². The van der Waals surface area contributed by atoms with Crippen LogP contribution in [0.15, 0.2) is 35.2 Å². The van der Waals surface area contributed by atoms with Crippen LogP contribution in [0.3, 0.4) is 0 Å².